The topological polar surface area (TPSA) is 56.7 Å². The van der Waals surface area contributed by atoms with E-state index in [1.807, 2.05) is 29.2 Å². The van der Waals surface area contributed by atoms with Crippen molar-refractivity contribution in [1.82, 2.24) is 15.5 Å². The number of guanidine groups is 1. The van der Waals surface area contributed by atoms with Crippen LogP contribution in [0, 0.1) is 5.92 Å². The number of hydrogen-bond donors (Lipinski definition) is 2. The lowest BCUT2D eigenvalue weighted by Gasteiger charge is -2.26. The molecule has 1 heterocycles. The van der Waals surface area contributed by atoms with E-state index < -0.39 is 0 Å². The van der Waals surface area contributed by atoms with Crippen LogP contribution in [0.5, 0.6) is 0 Å². The summed E-state index contributed by atoms with van der Waals surface area (Å²) in [5.74, 6) is 1.57. The second-order valence-corrected chi connectivity index (χ2v) is 7.02. The van der Waals surface area contributed by atoms with Gasteiger partial charge in [-0.3, -0.25) is 4.79 Å². The molecule has 0 spiro atoms. The first-order chi connectivity index (χ1) is 12.1. The molecule has 0 aliphatic carbocycles. The van der Waals surface area contributed by atoms with E-state index in [0.29, 0.717) is 12.5 Å². The Labute approximate surface area is 175 Å². The number of nitrogens with one attached hydrogen (secondary N) is 2. The third kappa shape index (κ3) is 7.51. The van der Waals surface area contributed by atoms with Gasteiger partial charge in [-0.05, 0) is 49.8 Å². The molecule has 2 N–H and O–H groups in total. The molecular formula is C20H33IN4O. The van der Waals surface area contributed by atoms with Gasteiger partial charge in [0.1, 0.15) is 0 Å². The van der Waals surface area contributed by atoms with Crippen molar-refractivity contribution >= 4 is 35.8 Å². The van der Waals surface area contributed by atoms with E-state index in [1.54, 1.807) is 0 Å². The van der Waals surface area contributed by atoms with Gasteiger partial charge in [0.05, 0.1) is 6.54 Å². The lowest BCUT2D eigenvalue weighted by molar-refractivity contribution is 0.0724. The zero-order valence-electron chi connectivity index (χ0n) is 16.3. The average molecular weight is 472 g/mol. The van der Waals surface area contributed by atoms with Gasteiger partial charge in [0.15, 0.2) is 5.96 Å². The molecule has 0 saturated carbocycles. The number of nitrogens with zero attached hydrogens (tertiary/aromatic N) is 2. The van der Waals surface area contributed by atoms with Gasteiger partial charge in [-0.2, -0.15) is 0 Å². The Hall–Kier alpha value is -1.31. The first-order valence-electron chi connectivity index (χ1n) is 9.50. The van der Waals surface area contributed by atoms with Crippen molar-refractivity contribution < 1.29 is 4.79 Å². The summed E-state index contributed by atoms with van der Waals surface area (Å²) in [6.45, 7) is 10.5. The van der Waals surface area contributed by atoms with Crippen LogP contribution in [-0.2, 0) is 6.54 Å². The molecule has 0 bridgehead atoms. The predicted molar refractivity (Wildman–Crippen MR) is 119 cm³/mol. The van der Waals surface area contributed by atoms with Gasteiger partial charge in [-0.1, -0.05) is 26.0 Å². The van der Waals surface area contributed by atoms with Crippen molar-refractivity contribution in [2.45, 2.75) is 46.6 Å². The molecule has 1 fully saturated rings. The van der Waals surface area contributed by atoms with E-state index in [4.69, 9.17) is 0 Å². The number of amides is 1. The highest BCUT2D eigenvalue weighted by molar-refractivity contribution is 14.0. The Morgan fingerprint density at radius 2 is 1.77 bits per heavy atom. The van der Waals surface area contributed by atoms with Crippen molar-refractivity contribution in [3.63, 3.8) is 0 Å². The summed E-state index contributed by atoms with van der Waals surface area (Å²) in [5.41, 5.74) is 1.89. The Kier molecular flexibility index (Phi) is 10.6. The first kappa shape index (κ1) is 22.7. The molecule has 0 radical (unpaired) electrons. The van der Waals surface area contributed by atoms with Crippen LogP contribution in [0.3, 0.4) is 0 Å². The Morgan fingerprint density at radius 3 is 2.35 bits per heavy atom. The molecule has 0 aromatic heterocycles. The maximum absolute atomic E-state index is 12.5. The summed E-state index contributed by atoms with van der Waals surface area (Å²) in [7, 11) is 0. The number of carbonyl (C=O) groups is 1. The number of piperidine rings is 1. The van der Waals surface area contributed by atoms with Crippen LogP contribution in [0.15, 0.2) is 29.3 Å². The maximum atomic E-state index is 12.5. The molecule has 1 aliphatic rings. The Morgan fingerprint density at radius 1 is 1.12 bits per heavy atom. The molecule has 5 nitrogen and oxygen atoms in total. The molecule has 1 aliphatic heterocycles. The molecule has 1 aromatic rings. The van der Waals surface area contributed by atoms with E-state index in [1.165, 1.54) is 6.42 Å². The normalized spacial score (nSPS) is 14.8. The zero-order valence-corrected chi connectivity index (χ0v) is 18.6. The van der Waals surface area contributed by atoms with E-state index >= 15 is 0 Å². The third-order valence-electron chi connectivity index (χ3n) is 4.29. The molecule has 1 saturated heterocycles. The highest BCUT2D eigenvalue weighted by atomic mass is 127. The molecule has 0 unspecified atom stereocenters. The Bertz CT molecular complexity index is 566. The number of benzene rings is 1. The van der Waals surface area contributed by atoms with Crippen LogP contribution in [0.4, 0.5) is 0 Å². The molecular weight excluding hydrogens is 439 g/mol. The second-order valence-electron chi connectivity index (χ2n) is 7.02. The lowest BCUT2D eigenvalue weighted by atomic mass is 10.1. The minimum absolute atomic E-state index is 0. The van der Waals surface area contributed by atoms with E-state index in [-0.39, 0.29) is 29.9 Å². The minimum Gasteiger partial charge on any atom is -0.357 e. The van der Waals surface area contributed by atoms with Gasteiger partial charge >= 0.3 is 0 Å². The van der Waals surface area contributed by atoms with Crippen LogP contribution in [0.1, 0.15) is 56.0 Å². The van der Waals surface area contributed by atoms with Crippen LogP contribution >= 0.6 is 24.0 Å². The molecule has 6 heteroatoms. The van der Waals surface area contributed by atoms with Crippen LogP contribution in [0.2, 0.25) is 0 Å². The molecule has 1 amide bonds. The number of carbonyl (C=O) groups excluding carboxylic acids is 1. The molecule has 0 atom stereocenters. The number of aliphatic imine (C=N–C) groups is 1. The quantitative estimate of drug-likeness (QED) is 0.378. The SMILES string of the molecule is CCNC(=NCc1ccc(C(=O)N2CCCCC2)cc1)NCC(C)C.I. The van der Waals surface area contributed by atoms with Gasteiger partial charge < -0.3 is 15.5 Å². The summed E-state index contributed by atoms with van der Waals surface area (Å²) in [6.07, 6.45) is 3.48. The zero-order chi connectivity index (χ0) is 18.1. The van der Waals surface area contributed by atoms with E-state index in [2.05, 4.69) is 36.4 Å². The fourth-order valence-corrected chi connectivity index (χ4v) is 2.85. The summed E-state index contributed by atoms with van der Waals surface area (Å²) in [4.78, 5) is 19.1. The van der Waals surface area contributed by atoms with Crippen molar-refractivity contribution in [2.75, 3.05) is 26.2 Å². The highest BCUT2D eigenvalue weighted by Gasteiger charge is 2.17. The van der Waals surface area contributed by atoms with Crippen LogP contribution in [-0.4, -0.2) is 42.9 Å². The van der Waals surface area contributed by atoms with Gasteiger partial charge in [-0.15, -0.1) is 24.0 Å². The van der Waals surface area contributed by atoms with E-state index in [0.717, 1.165) is 56.1 Å². The van der Waals surface area contributed by atoms with Crippen molar-refractivity contribution in [3.8, 4) is 0 Å². The largest absolute Gasteiger partial charge is 0.357 e. The number of likely N-dealkylation sites (tertiary alicyclic amines) is 1. The van der Waals surface area contributed by atoms with Crippen molar-refractivity contribution in [2.24, 2.45) is 10.9 Å². The van der Waals surface area contributed by atoms with Gasteiger partial charge in [0, 0.05) is 31.7 Å². The Balaban J connectivity index is 0.00000338. The second kappa shape index (κ2) is 12.1. The number of halogens is 1. The van der Waals surface area contributed by atoms with Crippen molar-refractivity contribution in [3.05, 3.63) is 35.4 Å². The number of hydrogen-bond acceptors (Lipinski definition) is 2. The standard InChI is InChI=1S/C20H32N4O.HI/c1-4-21-20(22-14-16(2)3)23-15-17-8-10-18(11-9-17)19(25)24-12-6-5-7-13-24;/h8-11,16H,4-7,12-15H2,1-3H3,(H2,21,22,23);1H. The maximum Gasteiger partial charge on any atom is 0.253 e. The smallest absolute Gasteiger partial charge is 0.253 e. The van der Waals surface area contributed by atoms with E-state index in [9.17, 15) is 4.79 Å². The summed E-state index contributed by atoms with van der Waals surface area (Å²) in [5, 5.41) is 6.60. The fourth-order valence-electron chi connectivity index (χ4n) is 2.85. The average Bonchev–Trinajstić information content (AvgIpc) is 2.64. The summed E-state index contributed by atoms with van der Waals surface area (Å²) < 4.78 is 0. The summed E-state index contributed by atoms with van der Waals surface area (Å²) >= 11 is 0. The minimum atomic E-state index is 0. The predicted octanol–water partition coefficient (Wildman–Crippen LogP) is 3.64. The monoisotopic (exact) mass is 472 g/mol. The number of rotatable bonds is 6. The third-order valence-corrected chi connectivity index (χ3v) is 4.29. The molecule has 146 valence electrons. The van der Waals surface area contributed by atoms with Gasteiger partial charge in [0.25, 0.3) is 5.91 Å². The highest BCUT2D eigenvalue weighted by Crippen LogP contribution is 2.14. The molecule has 2 rings (SSSR count). The van der Waals surface area contributed by atoms with Gasteiger partial charge in [-0.25, -0.2) is 4.99 Å². The molecule has 1 aromatic carbocycles. The molecule has 26 heavy (non-hydrogen) atoms. The fraction of sp³-hybridized carbons (Fsp3) is 0.600. The first-order valence-corrected chi connectivity index (χ1v) is 9.50. The van der Waals surface area contributed by atoms with Gasteiger partial charge in [0.2, 0.25) is 0 Å². The summed E-state index contributed by atoms with van der Waals surface area (Å²) in [6, 6.07) is 7.87. The van der Waals surface area contributed by atoms with Crippen LogP contribution < -0.4 is 10.6 Å². The lowest BCUT2D eigenvalue weighted by Crippen LogP contribution is -2.39. The van der Waals surface area contributed by atoms with Crippen LogP contribution in [0.25, 0.3) is 0 Å². The van der Waals surface area contributed by atoms with Crippen molar-refractivity contribution in [1.29, 1.82) is 0 Å².